The molecule has 1 unspecified atom stereocenters. The Labute approximate surface area is 134 Å². The molecular formula is C19H20F3N. The van der Waals surface area contributed by atoms with Crippen molar-refractivity contribution >= 4 is 0 Å². The van der Waals surface area contributed by atoms with Crippen LogP contribution in [-0.4, -0.2) is 13.6 Å². The van der Waals surface area contributed by atoms with E-state index in [4.69, 9.17) is 0 Å². The van der Waals surface area contributed by atoms with Crippen molar-refractivity contribution in [2.45, 2.75) is 31.4 Å². The second kappa shape index (κ2) is 6.36. The van der Waals surface area contributed by atoms with Crippen molar-refractivity contribution < 1.29 is 13.2 Å². The SMILES string of the molecule is CNCCCC1c2ccccc2Cc2ccc(C(F)(F)F)cc21. The van der Waals surface area contributed by atoms with Crippen molar-refractivity contribution in [3.8, 4) is 0 Å². The quantitative estimate of drug-likeness (QED) is 0.803. The van der Waals surface area contributed by atoms with Crippen LogP contribution in [0.2, 0.25) is 0 Å². The highest BCUT2D eigenvalue weighted by molar-refractivity contribution is 5.50. The fraction of sp³-hybridized carbons (Fsp3) is 0.368. The minimum absolute atomic E-state index is 0.0469. The first-order valence-electron chi connectivity index (χ1n) is 7.93. The van der Waals surface area contributed by atoms with Crippen LogP contribution >= 0.6 is 0 Å². The Hall–Kier alpha value is -1.81. The fourth-order valence-corrected chi connectivity index (χ4v) is 3.46. The lowest BCUT2D eigenvalue weighted by Gasteiger charge is -2.29. The van der Waals surface area contributed by atoms with Gasteiger partial charge in [0.2, 0.25) is 0 Å². The monoisotopic (exact) mass is 319 g/mol. The highest BCUT2D eigenvalue weighted by Crippen LogP contribution is 2.41. The third kappa shape index (κ3) is 3.27. The number of hydrogen-bond donors (Lipinski definition) is 1. The van der Waals surface area contributed by atoms with Crippen molar-refractivity contribution in [1.29, 1.82) is 0 Å². The summed E-state index contributed by atoms with van der Waals surface area (Å²) in [5.41, 5.74) is 3.72. The van der Waals surface area contributed by atoms with Crippen molar-refractivity contribution in [2.24, 2.45) is 0 Å². The molecule has 3 rings (SSSR count). The first-order valence-corrected chi connectivity index (χ1v) is 7.93. The van der Waals surface area contributed by atoms with Gasteiger partial charge in [0.15, 0.2) is 0 Å². The molecule has 0 heterocycles. The predicted octanol–water partition coefficient (Wildman–Crippen LogP) is 4.74. The van der Waals surface area contributed by atoms with Crippen molar-refractivity contribution in [1.82, 2.24) is 5.32 Å². The maximum absolute atomic E-state index is 13.1. The van der Waals surface area contributed by atoms with Gasteiger partial charge in [0.05, 0.1) is 5.56 Å². The maximum atomic E-state index is 13.1. The molecule has 1 aliphatic rings. The van der Waals surface area contributed by atoms with Gasteiger partial charge in [0.25, 0.3) is 0 Å². The van der Waals surface area contributed by atoms with Crippen molar-refractivity contribution in [2.75, 3.05) is 13.6 Å². The summed E-state index contributed by atoms with van der Waals surface area (Å²) in [5.74, 6) is 0.0469. The molecule has 1 aliphatic carbocycles. The van der Waals surface area contributed by atoms with Gasteiger partial charge in [0, 0.05) is 5.92 Å². The molecule has 4 heteroatoms. The summed E-state index contributed by atoms with van der Waals surface area (Å²) in [5, 5.41) is 3.11. The van der Waals surface area contributed by atoms with Gasteiger partial charge < -0.3 is 5.32 Å². The number of fused-ring (bicyclic) bond motifs is 2. The van der Waals surface area contributed by atoms with E-state index in [1.807, 2.05) is 19.2 Å². The van der Waals surface area contributed by atoms with E-state index < -0.39 is 11.7 Å². The molecule has 122 valence electrons. The van der Waals surface area contributed by atoms with E-state index in [2.05, 4.69) is 17.4 Å². The predicted molar refractivity (Wildman–Crippen MR) is 85.7 cm³/mol. The molecule has 1 nitrogen and oxygen atoms in total. The second-order valence-corrected chi connectivity index (χ2v) is 6.09. The molecule has 2 aromatic carbocycles. The zero-order valence-corrected chi connectivity index (χ0v) is 13.1. The molecular weight excluding hydrogens is 299 g/mol. The van der Waals surface area contributed by atoms with E-state index in [1.165, 1.54) is 23.3 Å². The molecule has 0 fully saturated rings. The standard InChI is InChI=1S/C19H20F3N/c1-23-10-4-7-17-16-6-3-2-5-13(16)11-14-8-9-15(12-18(14)17)19(20,21)22/h2-3,5-6,8-9,12,17,23H,4,7,10-11H2,1H3. The minimum atomic E-state index is -4.29. The van der Waals surface area contributed by atoms with Gasteiger partial charge in [-0.05, 0) is 67.2 Å². The molecule has 1 N–H and O–H groups in total. The molecule has 0 saturated heterocycles. The fourth-order valence-electron chi connectivity index (χ4n) is 3.46. The van der Waals surface area contributed by atoms with Gasteiger partial charge >= 0.3 is 6.18 Å². The Morgan fingerprint density at radius 1 is 1.04 bits per heavy atom. The third-order valence-electron chi connectivity index (χ3n) is 4.58. The van der Waals surface area contributed by atoms with E-state index in [9.17, 15) is 13.2 Å². The Bertz CT molecular complexity index is 691. The van der Waals surface area contributed by atoms with E-state index in [1.54, 1.807) is 6.07 Å². The summed E-state index contributed by atoms with van der Waals surface area (Å²) >= 11 is 0. The van der Waals surface area contributed by atoms with Crippen LogP contribution in [0.15, 0.2) is 42.5 Å². The summed E-state index contributed by atoms with van der Waals surface area (Å²) in [6.45, 7) is 0.868. The number of halogens is 3. The van der Waals surface area contributed by atoms with E-state index in [0.717, 1.165) is 30.5 Å². The first-order chi connectivity index (χ1) is 11.0. The van der Waals surface area contributed by atoms with Crippen LogP contribution in [0.5, 0.6) is 0 Å². The molecule has 1 atom stereocenters. The van der Waals surface area contributed by atoms with Gasteiger partial charge in [-0.15, -0.1) is 0 Å². The van der Waals surface area contributed by atoms with Crippen molar-refractivity contribution in [3.63, 3.8) is 0 Å². The minimum Gasteiger partial charge on any atom is -0.320 e. The van der Waals surface area contributed by atoms with Crippen LogP contribution in [0.1, 0.15) is 46.6 Å². The average molecular weight is 319 g/mol. The Kier molecular flexibility index (Phi) is 4.44. The van der Waals surface area contributed by atoms with Gasteiger partial charge in [0.1, 0.15) is 0 Å². The average Bonchev–Trinajstić information content (AvgIpc) is 2.53. The molecule has 0 spiro atoms. The number of benzene rings is 2. The smallest absolute Gasteiger partial charge is 0.320 e. The topological polar surface area (TPSA) is 12.0 Å². The summed E-state index contributed by atoms with van der Waals surface area (Å²) < 4.78 is 39.2. The molecule has 2 aromatic rings. The van der Waals surface area contributed by atoms with E-state index in [0.29, 0.717) is 6.42 Å². The highest BCUT2D eigenvalue weighted by Gasteiger charge is 2.33. The van der Waals surface area contributed by atoms with Crippen LogP contribution in [0.3, 0.4) is 0 Å². The van der Waals surface area contributed by atoms with Crippen molar-refractivity contribution in [3.05, 3.63) is 70.3 Å². The third-order valence-corrected chi connectivity index (χ3v) is 4.58. The molecule has 0 saturated carbocycles. The summed E-state index contributed by atoms with van der Waals surface area (Å²) in [4.78, 5) is 0. The van der Waals surface area contributed by atoms with E-state index >= 15 is 0 Å². The molecule has 0 aliphatic heterocycles. The molecule has 0 amide bonds. The number of alkyl halides is 3. The molecule has 0 radical (unpaired) electrons. The summed E-state index contributed by atoms with van der Waals surface area (Å²) in [6.07, 6.45) is -1.79. The Balaban J connectivity index is 2.03. The molecule has 0 aromatic heterocycles. The van der Waals surface area contributed by atoms with Crippen LogP contribution in [0.25, 0.3) is 0 Å². The first kappa shape index (κ1) is 16.1. The maximum Gasteiger partial charge on any atom is 0.416 e. The lowest BCUT2D eigenvalue weighted by Crippen LogP contribution is -2.17. The van der Waals surface area contributed by atoms with E-state index in [-0.39, 0.29) is 5.92 Å². The number of hydrogen-bond acceptors (Lipinski definition) is 1. The van der Waals surface area contributed by atoms with Crippen LogP contribution in [-0.2, 0) is 12.6 Å². The lowest BCUT2D eigenvalue weighted by atomic mass is 9.75. The highest BCUT2D eigenvalue weighted by atomic mass is 19.4. The molecule has 23 heavy (non-hydrogen) atoms. The summed E-state index contributed by atoms with van der Waals surface area (Å²) in [7, 11) is 1.89. The van der Waals surface area contributed by atoms with Crippen LogP contribution in [0, 0.1) is 0 Å². The number of nitrogens with one attached hydrogen (secondary N) is 1. The van der Waals surface area contributed by atoms with Crippen LogP contribution in [0.4, 0.5) is 13.2 Å². The normalized spacial score (nSPS) is 16.8. The molecule has 0 bridgehead atoms. The number of rotatable bonds is 4. The Morgan fingerprint density at radius 2 is 1.78 bits per heavy atom. The second-order valence-electron chi connectivity index (χ2n) is 6.09. The largest absolute Gasteiger partial charge is 0.416 e. The van der Waals surface area contributed by atoms with Crippen LogP contribution < -0.4 is 5.32 Å². The zero-order valence-electron chi connectivity index (χ0n) is 13.1. The lowest BCUT2D eigenvalue weighted by molar-refractivity contribution is -0.137. The van der Waals surface area contributed by atoms with Gasteiger partial charge in [-0.3, -0.25) is 0 Å². The zero-order chi connectivity index (χ0) is 16.4. The Morgan fingerprint density at radius 3 is 2.52 bits per heavy atom. The van der Waals surface area contributed by atoms with Gasteiger partial charge in [-0.25, -0.2) is 0 Å². The van der Waals surface area contributed by atoms with Gasteiger partial charge in [-0.1, -0.05) is 30.3 Å². The van der Waals surface area contributed by atoms with Gasteiger partial charge in [-0.2, -0.15) is 13.2 Å². The summed E-state index contributed by atoms with van der Waals surface area (Å²) in [6, 6.07) is 12.3.